The summed E-state index contributed by atoms with van der Waals surface area (Å²) in [5.74, 6) is 0.256. The van der Waals surface area contributed by atoms with Gasteiger partial charge in [0.1, 0.15) is 5.69 Å². The molecule has 0 aliphatic heterocycles. The van der Waals surface area contributed by atoms with Crippen LogP contribution in [0.2, 0.25) is 0 Å². The molecule has 0 bridgehead atoms. The Morgan fingerprint density at radius 2 is 2.10 bits per heavy atom. The van der Waals surface area contributed by atoms with Crippen LogP contribution in [0.3, 0.4) is 0 Å². The van der Waals surface area contributed by atoms with Gasteiger partial charge in [0.15, 0.2) is 11.4 Å². The van der Waals surface area contributed by atoms with Crippen molar-refractivity contribution in [2.75, 3.05) is 5.32 Å². The topological polar surface area (TPSA) is 94.9 Å². The Balaban J connectivity index is 1.81. The van der Waals surface area contributed by atoms with Gasteiger partial charge < -0.3 is 14.3 Å². The van der Waals surface area contributed by atoms with Crippen molar-refractivity contribution in [1.82, 2.24) is 19.3 Å². The zero-order valence-electron chi connectivity index (χ0n) is 16.4. The van der Waals surface area contributed by atoms with Gasteiger partial charge in [-0.1, -0.05) is 0 Å². The van der Waals surface area contributed by atoms with Gasteiger partial charge in [0, 0.05) is 24.8 Å². The van der Waals surface area contributed by atoms with Crippen molar-refractivity contribution in [3.8, 4) is 11.5 Å². The van der Waals surface area contributed by atoms with Gasteiger partial charge in [0.05, 0.1) is 29.1 Å². The Bertz CT molecular complexity index is 1240. The normalized spacial score (nSPS) is 11.3. The van der Waals surface area contributed by atoms with Crippen molar-refractivity contribution in [3.63, 3.8) is 0 Å². The Morgan fingerprint density at radius 3 is 2.79 bits per heavy atom. The van der Waals surface area contributed by atoms with Crippen molar-refractivity contribution < 1.29 is 9.21 Å². The first-order chi connectivity index (χ1) is 14.0. The van der Waals surface area contributed by atoms with Crippen molar-refractivity contribution in [1.29, 1.82) is 0 Å². The summed E-state index contributed by atoms with van der Waals surface area (Å²) in [6.45, 7) is 6.39. The Labute approximate surface area is 166 Å². The summed E-state index contributed by atoms with van der Waals surface area (Å²) in [6.07, 6.45) is 4.84. The number of fused-ring (bicyclic) bond motifs is 1. The van der Waals surface area contributed by atoms with Gasteiger partial charge >= 0.3 is 0 Å². The number of furan rings is 1. The van der Waals surface area contributed by atoms with Crippen LogP contribution in [0, 0.1) is 0 Å². The molecule has 0 aliphatic rings. The molecule has 0 fully saturated rings. The standard InChI is InChI=1S/C21H21N5O3/c1-4-25-12-14(7-8-19(25)27)23-21(28)15-10-17(18-6-5-9-29-18)24-20-16(15)11-22-26(20)13(2)3/h5-13H,4H2,1-3H3,(H,23,28). The van der Waals surface area contributed by atoms with E-state index in [1.165, 1.54) is 10.6 Å². The van der Waals surface area contributed by atoms with Crippen molar-refractivity contribution in [2.24, 2.45) is 0 Å². The highest BCUT2D eigenvalue weighted by atomic mass is 16.3. The molecular weight excluding hydrogens is 370 g/mol. The van der Waals surface area contributed by atoms with Crippen LogP contribution >= 0.6 is 0 Å². The minimum atomic E-state index is -0.310. The minimum absolute atomic E-state index is 0.0795. The summed E-state index contributed by atoms with van der Waals surface area (Å²) < 4.78 is 8.78. The van der Waals surface area contributed by atoms with Gasteiger partial charge in [0.25, 0.3) is 11.5 Å². The van der Waals surface area contributed by atoms with Gasteiger partial charge in [-0.3, -0.25) is 9.59 Å². The highest BCUT2D eigenvalue weighted by Gasteiger charge is 2.19. The first-order valence-electron chi connectivity index (χ1n) is 9.42. The number of nitrogens with zero attached hydrogens (tertiary/aromatic N) is 4. The highest BCUT2D eigenvalue weighted by molar-refractivity contribution is 6.12. The van der Waals surface area contributed by atoms with Crippen LogP contribution in [-0.2, 0) is 6.54 Å². The number of aromatic nitrogens is 4. The number of carbonyl (C=O) groups is 1. The maximum Gasteiger partial charge on any atom is 0.256 e. The second-order valence-corrected chi connectivity index (χ2v) is 6.95. The van der Waals surface area contributed by atoms with Gasteiger partial charge in [-0.15, -0.1) is 0 Å². The number of hydrogen-bond donors (Lipinski definition) is 1. The van der Waals surface area contributed by atoms with Crippen LogP contribution < -0.4 is 10.9 Å². The summed E-state index contributed by atoms with van der Waals surface area (Å²) in [5, 5.41) is 7.92. The average molecular weight is 391 g/mol. The molecule has 8 nitrogen and oxygen atoms in total. The van der Waals surface area contributed by atoms with E-state index in [0.717, 1.165) is 0 Å². The summed E-state index contributed by atoms with van der Waals surface area (Å²) in [6, 6.07) is 8.37. The minimum Gasteiger partial charge on any atom is -0.463 e. The maximum absolute atomic E-state index is 13.1. The largest absolute Gasteiger partial charge is 0.463 e. The molecule has 0 aliphatic carbocycles. The SMILES string of the molecule is CCn1cc(NC(=O)c2cc(-c3ccco3)nc3c2cnn3C(C)C)ccc1=O. The van der Waals surface area contributed by atoms with E-state index in [1.54, 1.807) is 47.6 Å². The van der Waals surface area contributed by atoms with Crippen LogP contribution in [0.1, 0.15) is 37.2 Å². The molecule has 0 saturated carbocycles. The molecule has 0 unspecified atom stereocenters. The molecule has 0 radical (unpaired) electrons. The lowest BCUT2D eigenvalue weighted by Gasteiger charge is -2.11. The zero-order chi connectivity index (χ0) is 20.5. The fourth-order valence-electron chi connectivity index (χ4n) is 3.19. The number of hydrogen-bond acceptors (Lipinski definition) is 5. The number of anilines is 1. The van der Waals surface area contributed by atoms with E-state index >= 15 is 0 Å². The number of amides is 1. The molecule has 8 heteroatoms. The average Bonchev–Trinajstić information content (AvgIpc) is 3.38. The summed E-state index contributed by atoms with van der Waals surface area (Å²) >= 11 is 0. The summed E-state index contributed by atoms with van der Waals surface area (Å²) in [4.78, 5) is 29.6. The molecule has 0 spiro atoms. The van der Waals surface area contributed by atoms with Crippen molar-refractivity contribution in [3.05, 3.63) is 64.9 Å². The summed E-state index contributed by atoms with van der Waals surface area (Å²) in [7, 11) is 0. The van der Waals surface area contributed by atoms with Gasteiger partial charge in [-0.05, 0) is 45.0 Å². The molecule has 1 amide bonds. The number of nitrogens with one attached hydrogen (secondary N) is 1. The Hall–Kier alpha value is -3.68. The van der Waals surface area contributed by atoms with E-state index in [2.05, 4.69) is 15.4 Å². The molecule has 4 aromatic heterocycles. The molecule has 4 aromatic rings. The fourth-order valence-corrected chi connectivity index (χ4v) is 3.19. The van der Waals surface area contributed by atoms with E-state index in [9.17, 15) is 9.59 Å². The Kier molecular flexibility index (Phi) is 4.75. The second-order valence-electron chi connectivity index (χ2n) is 6.95. The van der Waals surface area contributed by atoms with E-state index in [4.69, 9.17) is 4.42 Å². The van der Waals surface area contributed by atoms with Crippen molar-refractivity contribution in [2.45, 2.75) is 33.4 Å². The number of rotatable bonds is 5. The van der Waals surface area contributed by atoms with Crippen LogP contribution in [0.15, 0.2) is 58.2 Å². The first-order valence-corrected chi connectivity index (χ1v) is 9.42. The molecule has 0 atom stereocenters. The third-order valence-electron chi connectivity index (χ3n) is 4.66. The number of carbonyl (C=O) groups excluding carboxylic acids is 1. The zero-order valence-corrected chi connectivity index (χ0v) is 16.4. The van der Waals surface area contributed by atoms with Crippen LogP contribution in [0.5, 0.6) is 0 Å². The van der Waals surface area contributed by atoms with E-state index in [-0.39, 0.29) is 17.5 Å². The fraction of sp³-hybridized carbons (Fsp3) is 0.238. The highest BCUT2D eigenvalue weighted by Crippen LogP contribution is 2.27. The number of pyridine rings is 2. The third-order valence-corrected chi connectivity index (χ3v) is 4.66. The summed E-state index contributed by atoms with van der Waals surface area (Å²) in [5.41, 5.74) is 2.01. The maximum atomic E-state index is 13.1. The van der Waals surface area contributed by atoms with E-state index in [0.29, 0.717) is 40.3 Å². The lowest BCUT2D eigenvalue weighted by molar-refractivity contribution is 0.102. The number of aryl methyl sites for hydroxylation is 1. The smallest absolute Gasteiger partial charge is 0.256 e. The first kappa shape index (κ1) is 18.7. The quantitative estimate of drug-likeness (QED) is 0.560. The van der Waals surface area contributed by atoms with E-state index in [1.807, 2.05) is 20.8 Å². The molecule has 0 saturated heterocycles. The molecule has 148 valence electrons. The molecule has 4 rings (SSSR count). The predicted octanol–water partition coefficient (Wildman–Crippen LogP) is 3.71. The van der Waals surface area contributed by atoms with Crippen molar-refractivity contribution >= 4 is 22.6 Å². The van der Waals surface area contributed by atoms with Gasteiger partial charge in [-0.25, -0.2) is 9.67 Å². The second kappa shape index (κ2) is 7.38. The van der Waals surface area contributed by atoms with Crippen LogP contribution in [0.25, 0.3) is 22.5 Å². The predicted molar refractivity (Wildman–Crippen MR) is 110 cm³/mol. The molecular formula is C21H21N5O3. The molecule has 1 N–H and O–H groups in total. The lowest BCUT2D eigenvalue weighted by Crippen LogP contribution is -2.20. The lowest BCUT2D eigenvalue weighted by atomic mass is 10.1. The van der Waals surface area contributed by atoms with E-state index < -0.39 is 0 Å². The van der Waals surface area contributed by atoms with Gasteiger partial charge in [0.2, 0.25) is 0 Å². The third kappa shape index (κ3) is 3.44. The van der Waals surface area contributed by atoms with Gasteiger partial charge in [-0.2, -0.15) is 5.10 Å². The Morgan fingerprint density at radius 1 is 1.28 bits per heavy atom. The van der Waals surface area contributed by atoms with Crippen LogP contribution in [-0.4, -0.2) is 25.2 Å². The van der Waals surface area contributed by atoms with Crippen LogP contribution in [0.4, 0.5) is 5.69 Å². The monoisotopic (exact) mass is 391 g/mol. The molecule has 29 heavy (non-hydrogen) atoms. The molecule has 0 aromatic carbocycles. The molecule has 4 heterocycles.